The molecule has 0 radical (unpaired) electrons. The van der Waals surface area contributed by atoms with Crippen LogP contribution in [0.5, 0.6) is 5.75 Å². The topological polar surface area (TPSA) is 87.1 Å². The summed E-state index contributed by atoms with van der Waals surface area (Å²) in [7, 11) is 0. The van der Waals surface area contributed by atoms with Crippen LogP contribution in [0.3, 0.4) is 0 Å². The molecular weight excluding hydrogens is 336 g/mol. The van der Waals surface area contributed by atoms with Crippen molar-refractivity contribution in [2.45, 2.75) is 42.8 Å². The van der Waals surface area contributed by atoms with E-state index >= 15 is 0 Å². The number of ether oxygens (including phenoxy) is 1. The van der Waals surface area contributed by atoms with Crippen LogP contribution in [0, 0.1) is 0 Å². The number of benzene rings is 1. The van der Waals surface area contributed by atoms with Crippen molar-refractivity contribution in [1.29, 1.82) is 0 Å². The van der Waals surface area contributed by atoms with Gasteiger partial charge in [0.05, 0.1) is 11.2 Å². The Hall–Kier alpha value is -2.54. The summed E-state index contributed by atoms with van der Waals surface area (Å²) in [5, 5.41) is 0.510. The summed E-state index contributed by atoms with van der Waals surface area (Å²) < 4.78 is 10.8. The third-order valence-corrected chi connectivity index (χ3v) is 4.30. The molecule has 0 aliphatic rings. The SMILES string of the molecule is CC(C)(C)c1ccc(OCc2nc(N)nc(Sc3ccoc3)n2)cc1. The van der Waals surface area contributed by atoms with Crippen LogP contribution in [0.2, 0.25) is 0 Å². The molecular formula is C18H20N4O2S. The molecule has 2 aromatic heterocycles. The van der Waals surface area contributed by atoms with Crippen LogP contribution in [0.4, 0.5) is 5.95 Å². The molecule has 0 aliphatic carbocycles. The van der Waals surface area contributed by atoms with Crippen LogP contribution >= 0.6 is 11.8 Å². The van der Waals surface area contributed by atoms with Crippen molar-refractivity contribution < 1.29 is 9.15 Å². The highest BCUT2D eigenvalue weighted by atomic mass is 32.2. The van der Waals surface area contributed by atoms with Crippen molar-refractivity contribution in [1.82, 2.24) is 15.0 Å². The number of rotatable bonds is 5. The van der Waals surface area contributed by atoms with Crippen molar-refractivity contribution in [3.05, 3.63) is 54.2 Å². The lowest BCUT2D eigenvalue weighted by Crippen LogP contribution is -2.11. The molecule has 0 unspecified atom stereocenters. The first-order valence-corrected chi connectivity index (χ1v) is 8.65. The molecule has 0 fully saturated rings. The Morgan fingerprint density at radius 3 is 2.48 bits per heavy atom. The quantitative estimate of drug-likeness (QED) is 0.737. The van der Waals surface area contributed by atoms with E-state index in [-0.39, 0.29) is 18.0 Å². The molecule has 0 saturated heterocycles. The lowest BCUT2D eigenvalue weighted by Gasteiger charge is -2.19. The number of nitrogen functional groups attached to an aromatic ring is 1. The molecule has 2 N–H and O–H groups in total. The lowest BCUT2D eigenvalue weighted by atomic mass is 9.87. The van der Waals surface area contributed by atoms with E-state index in [4.69, 9.17) is 14.9 Å². The monoisotopic (exact) mass is 356 g/mol. The first-order chi connectivity index (χ1) is 11.9. The van der Waals surface area contributed by atoms with Gasteiger partial charge in [0.2, 0.25) is 5.95 Å². The molecule has 0 saturated carbocycles. The number of furan rings is 1. The molecule has 25 heavy (non-hydrogen) atoms. The Bertz CT molecular complexity index is 827. The first-order valence-electron chi connectivity index (χ1n) is 7.84. The highest BCUT2D eigenvalue weighted by Gasteiger charge is 2.13. The third kappa shape index (κ3) is 4.73. The van der Waals surface area contributed by atoms with Gasteiger partial charge in [-0.15, -0.1) is 0 Å². The fourth-order valence-corrected chi connectivity index (χ4v) is 2.87. The van der Waals surface area contributed by atoms with Gasteiger partial charge in [-0.2, -0.15) is 9.97 Å². The van der Waals surface area contributed by atoms with Crippen molar-refractivity contribution in [2.75, 3.05) is 5.73 Å². The van der Waals surface area contributed by atoms with Gasteiger partial charge in [-0.1, -0.05) is 32.9 Å². The highest BCUT2D eigenvalue weighted by Crippen LogP contribution is 2.26. The summed E-state index contributed by atoms with van der Waals surface area (Å²) >= 11 is 1.36. The highest BCUT2D eigenvalue weighted by molar-refractivity contribution is 7.99. The average Bonchev–Trinajstić information content (AvgIpc) is 3.05. The van der Waals surface area contributed by atoms with E-state index in [0.29, 0.717) is 11.0 Å². The molecule has 0 aliphatic heterocycles. The number of hydrogen-bond acceptors (Lipinski definition) is 7. The maximum absolute atomic E-state index is 5.77. The van der Waals surface area contributed by atoms with Gasteiger partial charge < -0.3 is 14.9 Å². The summed E-state index contributed by atoms with van der Waals surface area (Å²) in [6.07, 6.45) is 3.22. The van der Waals surface area contributed by atoms with Crippen LogP contribution in [0.25, 0.3) is 0 Å². The second-order valence-corrected chi connectivity index (χ2v) is 7.56. The van der Waals surface area contributed by atoms with Crippen LogP contribution in [-0.4, -0.2) is 15.0 Å². The molecule has 0 atom stereocenters. The smallest absolute Gasteiger partial charge is 0.224 e. The van der Waals surface area contributed by atoms with Gasteiger partial charge >= 0.3 is 0 Å². The second kappa shape index (κ2) is 7.14. The molecule has 6 nitrogen and oxygen atoms in total. The van der Waals surface area contributed by atoms with E-state index in [2.05, 4.69) is 47.9 Å². The van der Waals surface area contributed by atoms with E-state index in [9.17, 15) is 0 Å². The first kappa shape index (κ1) is 17.3. The summed E-state index contributed by atoms with van der Waals surface area (Å²) in [4.78, 5) is 13.5. The van der Waals surface area contributed by atoms with E-state index < -0.39 is 0 Å². The van der Waals surface area contributed by atoms with Crippen LogP contribution in [0.1, 0.15) is 32.2 Å². The van der Waals surface area contributed by atoms with Gasteiger partial charge in [0.25, 0.3) is 0 Å². The summed E-state index contributed by atoms with van der Waals surface area (Å²) in [5.41, 5.74) is 7.13. The molecule has 2 heterocycles. The Morgan fingerprint density at radius 2 is 1.84 bits per heavy atom. The minimum Gasteiger partial charge on any atom is -0.486 e. The molecule has 130 valence electrons. The minimum absolute atomic E-state index is 0.112. The van der Waals surface area contributed by atoms with E-state index in [1.54, 1.807) is 12.5 Å². The largest absolute Gasteiger partial charge is 0.486 e. The molecule has 3 rings (SSSR count). The lowest BCUT2D eigenvalue weighted by molar-refractivity contribution is 0.294. The Kier molecular flexibility index (Phi) is 4.94. The predicted octanol–water partition coefficient (Wildman–Crippen LogP) is 4.07. The Labute approximate surface area is 150 Å². The van der Waals surface area contributed by atoms with Gasteiger partial charge in [-0.3, -0.25) is 0 Å². The number of aromatic nitrogens is 3. The normalized spacial score (nSPS) is 11.5. The van der Waals surface area contributed by atoms with E-state index in [0.717, 1.165) is 10.6 Å². The molecule has 7 heteroatoms. The summed E-state index contributed by atoms with van der Waals surface area (Å²) in [5.74, 6) is 1.41. The summed E-state index contributed by atoms with van der Waals surface area (Å²) in [6, 6.07) is 9.87. The zero-order chi connectivity index (χ0) is 17.9. The number of hydrogen-bond donors (Lipinski definition) is 1. The molecule has 0 spiro atoms. The van der Waals surface area contributed by atoms with Crippen LogP contribution in [0.15, 0.2) is 57.3 Å². The van der Waals surface area contributed by atoms with Gasteiger partial charge in [0.1, 0.15) is 18.6 Å². The number of anilines is 1. The van der Waals surface area contributed by atoms with E-state index in [1.807, 2.05) is 18.2 Å². The van der Waals surface area contributed by atoms with Crippen molar-refractivity contribution in [3.63, 3.8) is 0 Å². The van der Waals surface area contributed by atoms with Gasteiger partial charge in [-0.25, -0.2) is 4.98 Å². The fraction of sp³-hybridized carbons (Fsp3) is 0.278. The Morgan fingerprint density at radius 1 is 1.08 bits per heavy atom. The van der Waals surface area contributed by atoms with Crippen molar-refractivity contribution in [3.8, 4) is 5.75 Å². The average molecular weight is 356 g/mol. The molecule has 0 amide bonds. The van der Waals surface area contributed by atoms with Gasteiger partial charge in [0.15, 0.2) is 11.0 Å². The second-order valence-electron chi connectivity index (χ2n) is 6.52. The maximum atomic E-state index is 5.77. The number of nitrogens with two attached hydrogens (primary N) is 1. The molecule has 3 aromatic rings. The van der Waals surface area contributed by atoms with Gasteiger partial charge in [0, 0.05) is 0 Å². The maximum Gasteiger partial charge on any atom is 0.224 e. The van der Waals surface area contributed by atoms with Gasteiger partial charge in [-0.05, 0) is 40.9 Å². The number of nitrogens with zero attached hydrogens (tertiary/aromatic N) is 3. The minimum atomic E-state index is 0.112. The molecule has 0 bridgehead atoms. The van der Waals surface area contributed by atoms with Crippen molar-refractivity contribution >= 4 is 17.7 Å². The van der Waals surface area contributed by atoms with Crippen LogP contribution < -0.4 is 10.5 Å². The third-order valence-electron chi connectivity index (χ3n) is 3.47. The standard InChI is InChI=1S/C18H20N4O2S/c1-18(2,3)12-4-6-13(7-5-12)24-11-15-20-16(19)22-17(21-15)25-14-8-9-23-10-14/h4-10H,11H2,1-3H3,(H2,19,20,21,22). The fourth-order valence-electron chi connectivity index (χ4n) is 2.14. The predicted molar refractivity (Wildman–Crippen MR) is 96.5 cm³/mol. The Balaban J connectivity index is 1.67. The van der Waals surface area contributed by atoms with E-state index in [1.165, 1.54) is 17.3 Å². The summed E-state index contributed by atoms with van der Waals surface area (Å²) in [6.45, 7) is 6.75. The zero-order valence-electron chi connectivity index (χ0n) is 14.4. The van der Waals surface area contributed by atoms with Crippen LogP contribution in [-0.2, 0) is 12.0 Å². The van der Waals surface area contributed by atoms with Crippen molar-refractivity contribution in [2.24, 2.45) is 0 Å². The molecule has 1 aromatic carbocycles. The zero-order valence-corrected chi connectivity index (χ0v) is 15.2.